The first kappa shape index (κ1) is 10.2. The number of nitrogens with zero attached hydrogens (tertiary/aromatic N) is 1. The SMILES string of the molecule is CC(=O)N(C)C1CSSCC1O. The van der Waals surface area contributed by atoms with Gasteiger partial charge in [0.05, 0.1) is 12.1 Å². The summed E-state index contributed by atoms with van der Waals surface area (Å²) in [5.41, 5.74) is 0. The van der Waals surface area contributed by atoms with E-state index in [1.807, 2.05) is 0 Å². The highest BCUT2D eigenvalue weighted by Gasteiger charge is 2.28. The molecule has 1 rings (SSSR count). The highest BCUT2D eigenvalue weighted by Crippen LogP contribution is 2.31. The molecule has 1 heterocycles. The van der Waals surface area contributed by atoms with Crippen LogP contribution in [0.15, 0.2) is 0 Å². The second-order valence-electron chi connectivity index (χ2n) is 2.83. The van der Waals surface area contributed by atoms with Gasteiger partial charge in [-0.1, -0.05) is 21.6 Å². The van der Waals surface area contributed by atoms with Crippen molar-refractivity contribution in [3.8, 4) is 0 Å². The Morgan fingerprint density at radius 3 is 2.58 bits per heavy atom. The molecule has 0 radical (unpaired) electrons. The highest BCUT2D eigenvalue weighted by molar-refractivity contribution is 8.76. The third kappa shape index (κ3) is 2.31. The summed E-state index contributed by atoms with van der Waals surface area (Å²) in [6.07, 6.45) is -0.370. The Kier molecular flexibility index (Phi) is 3.74. The molecule has 2 atom stereocenters. The van der Waals surface area contributed by atoms with Crippen molar-refractivity contribution in [1.82, 2.24) is 4.90 Å². The largest absolute Gasteiger partial charge is 0.390 e. The minimum Gasteiger partial charge on any atom is -0.390 e. The van der Waals surface area contributed by atoms with Gasteiger partial charge in [0.25, 0.3) is 0 Å². The smallest absolute Gasteiger partial charge is 0.219 e. The van der Waals surface area contributed by atoms with Gasteiger partial charge < -0.3 is 10.0 Å². The normalized spacial score (nSPS) is 29.9. The van der Waals surface area contributed by atoms with Crippen molar-refractivity contribution in [2.75, 3.05) is 18.6 Å². The fraction of sp³-hybridized carbons (Fsp3) is 0.857. The summed E-state index contributed by atoms with van der Waals surface area (Å²) in [5.74, 6) is 1.56. The standard InChI is InChI=1S/C7H13NO2S2/c1-5(9)8(2)6-3-11-12-4-7(6)10/h6-7,10H,3-4H2,1-2H3. The number of carbonyl (C=O) groups is 1. The fourth-order valence-corrected chi connectivity index (χ4v) is 3.61. The van der Waals surface area contributed by atoms with Crippen LogP contribution >= 0.6 is 21.6 Å². The molecule has 0 saturated carbocycles. The third-order valence-corrected chi connectivity index (χ3v) is 4.44. The van der Waals surface area contributed by atoms with E-state index >= 15 is 0 Å². The van der Waals surface area contributed by atoms with Crippen molar-refractivity contribution in [2.45, 2.75) is 19.1 Å². The molecule has 70 valence electrons. The molecule has 1 aliphatic rings. The Hall–Kier alpha value is 0.130. The lowest BCUT2D eigenvalue weighted by Gasteiger charge is -2.33. The van der Waals surface area contributed by atoms with E-state index in [0.717, 1.165) is 5.75 Å². The van der Waals surface area contributed by atoms with Crippen LogP contribution in [0.4, 0.5) is 0 Å². The minimum absolute atomic E-state index is 0.00579. The van der Waals surface area contributed by atoms with Crippen molar-refractivity contribution in [1.29, 1.82) is 0 Å². The summed E-state index contributed by atoms with van der Waals surface area (Å²) in [6, 6.07) is -0.00579. The van der Waals surface area contributed by atoms with Crippen LogP contribution in [0.1, 0.15) is 6.92 Å². The molecule has 0 spiro atoms. The lowest BCUT2D eigenvalue weighted by Crippen LogP contribution is -2.47. The molecule has 1 saturated heterocycles. The quantitative estimate of drug-likeness (QED) is 0.639. The zero-order valence-corrected chi connectivity index (χ0v) is 8.82. The first-order valence-electron chi connectivity index (χ1n) is 3.79. The van der Waals surface area contributed by atoms with E-state index in [9.17, 15) is 9.90 Å². The maximum atomic E-state index is 11.0. The summed E-state index contributed by atoms with van der Waals surface area (Å²) in [5, 5.41) is 9.56. The molecule has 0 aliphatic carbocycles. The molecular formula is C7H13NO2S2. The number of hydrogen-bond donors (Lipinski definition) is 1. The maximum Gasteiger partial charge on any atom is 0.219 e. The zero-order valence-electron chi connectivity index (χ0n) is 7.19. The molecule has 0 bridgehead atoms. The molecular weight excluding hydrogens is 194 g/mol. The highest BCUT2D eigenvalue weighted by atomic mass is 33.1. The van der Waals surface area contributed by atoms with Crippen molar-refractivity contribution in [3.63, 3.8) is 0 Å². The summed E-state index contributed by atoms with van der Waals surface area (Å²) in [6.45, 7) is 1.53. The monoisotopic (exact) mass is 207 g/mol. The number of carbonyl (C=O) groups excluding carboxylic acids is 1. The second kappa shape index (κ2) is 4.39. The van der Waals surface area contributed by atoms with E-state index in [2.05, 4.69) is 0 Å². The lowest BCUT2D eigenvalue weighted by molar-refractivity contribution is -0.131. The predicted molar refractivity (Wildman–Crippen MR) is 53.2 cm³/mol. The van der Waals surface area contributed by atoms with Crippen LogP contribution in [0.2, 0.25) is 0 Å². The molecule has 0 aromatic rings. The number of hydrogen-bond acceptors (Lipinski definition) is 4. The fourth-order valence-electron chi connectivity index (χ4n) is 1.06. The predicted octanol–water partition coefficient (Wildman–Crippen LogP) is 0.589. The topological polar surface area (TPSA) is 40.5 Å². The molecule has 1 fully saturated rings. The van der Waals surface area contributed by atoms with Gasteiger partial charge in [0.15, 0.2) is 0 Å². The van der Waals surface area contributed by atoms with Crippen molar-refractivity contribution in [2.24, 2.45) is 0 Å². The number of rotatable bonds is 1. The van der Waals surface area contributed by atoms with Gasteiger partial charge in [-0.2, -0.15) is 0 Å². The molecule has 1 amide bonds. The van der Waals surface area contributed by atoms with Gasteiger partial charge in [-0.15, -0.1) is 0 Å². The van der Waals surface area contributed by atoms with Crippen LogP contribution in [0.5, 0.6) is 0 Å². The number of aliphatic hydroxyl groups is 1. The minimum atomic E-state index is -0.370. The van der Waals surface area contributed by atoms with Crippen molar-refractivity contribution < 1.29 is 9.90 Å². The molecule has 5 heteroatoms. The second-order valence-corrected chi connectivity index (χ2v) is 5.39. The molecule has 0 aromatic heterocycles. The van der Waals surface area contributed by atoms with Crippen molar-refractivity contribution in [3.05, 3.63) is 0 Å². The van der Waals surface area contributed by atoms with Gasteiger partial charge in [0.1, 0.15) is 0 Å². The average Bonchev–Trinajstić information content (AvgIpc) is 2.04. The molecule has 3 nitrogen and oxygen atoms in total. The summed E-state index contributed by atoms with van der Waals surface area (Å²) >= 11 is 0. The Labute approximate surface area is 80.3 Å². The van der Waals surface area contributed by atoms with E-state index in [1.54, 1.807) is 33.5 Å². The van der Waals surface area contributed by atoms with E-state index in [-0.39, 0.29) is 18.1 Å². The van der Waals surface area contributed by atoms with Crippen LogP contribution in [-0.4, -0.2) is 46.6 Å². The lowest BCUT2D eigenvalue weighted by atomic mass is 10.2. The number of likely N-dealkylation sites (N-methyl/N-ethyl adjacent to an activating group) is 1. The Morgan fingerprint density at radius 2 is 2.08 bits per heavy atom. The maximum absolute atomic E-state index is 11.0. The van der Waals surface area contributed by atoms with E-state index in [0.29, 0.717) is 5.75 Å². The van der Waals surface area contributed by atoms with E-state index in [4.69, 9.17) is 0 Å². The van der Waals surface area contributed by atoms with Gasteiger partial charge in [-0.25, -0.2) is 0 Å². The van der Waals surface area contributed by atoms with Gasteiger partial charge in [-0.3, -0.25) is 4.79 Å². The number of aliphatic hydroxyl groups excluding tert-OH is 1. The van der Waals surface area contributed by atoms with Gasteiger partial charge in [0.2, 0.25) is 5.91 Å². The Bertz CT molecular complexity index is 177. The van der Waals surface area contributed by atoms with E-state index in [1.165, 1.54) is 6.92 Å². The Balaban J connectivity index is 2.53. The van der Waals surface area contributed by atoms with Crippen molar-refractivity contribution >= 4 is 27.5 Å². The van der Waals surface area contributed by atoms with Gasteiger partial charge in [0, 0.05) is 25.5 Å². The molecule has 12 heavy (non-hydrogen) atoms. The van der Waals surface area contributed by atoms with Crippen LogP contribution in [0, 0.1) is 0 Å². The zero-order chi connectivity index (χ0) is 9.14. The summed E-state index contributed by atoms with van der Waals surface area (Å²) in [7, 11) is 5.12. The molecule has 0 aromatic carbocycles. The van der Waals surface area contributed by atoms with Crippen LogP contribution in [-0.2, 0) is 4.79 Å². The van der Waals surface area contributed by atoms with E-state index < -0.39 is 0 Å². The van der Waals surface area contributed by atoms with Crippen LogP contribution < -0.4 is 0 Å². The molecule has 1 aliphatic heterocycles. The average molecular weight is 207 g/mol. The van der Waals surface area contributed by atoms with Gasteiger partial charge >= 0.3 is 0 Å². The Morgan fingerprint density at radius 1 is 1.50 bits per heavy atom. The first-order chi connectivity index (χ1) is 5.63. The molecule has 1 N–H and O–H groups in total. The number of amides is 1. The van der Waals surface area contributed by atoms with Gasteiger partial charge in [-0.05, 0) is 0 Å². The summed E-state index contributed by atoms with van der Waals surface area (Å²) in [4.78, 5) is 12.6. The van der Waals surface area contributed by atoms with Crippen LogP contribution in [0.25, 0.3) is 0 Å². The van der Waals surface area contributed by atoms with Crippen LogP contribution in [0.3, 0.4) is 0 Å². The molecule has 2 unspecified atom stereocenters. The first-order valence-corrected chi connectivity index (χ1v) is 6.27. The third-order valence-electron chi connectivity index (χ3n) is 2.00. The summed E-state index contributed by atoms with van der Waals surface area (Å²) < 4.78 is 0.